The molecule has 0 aromatic heterocycles. The monoisotopic (exact) mass is 358 g/mol. The van der Waals surface area contributed by atoms with Crippen molar-refractivity contribution in [3.63, 3.8) is 0 Å². The van der Waals surface area contributed by atoms with Crippen molar-refractivity contribution in [3.05, 3.63) is 22.2 Å². The van der Waals surface area contributed by atoms with Gasteiger partial charge in [-0.3, -0.25) is 4.79 Å². The van der Waals surface area contributed by atoms with E-state index in [9.17, 15) is 4.79 Å². The van der Waals surface area contributed by atoms with Crippen LogP contribution >= 0.6 is 15.9 Å². The highest BCUT2D eigenvalue weighted by Crippen LogP contribution is 2.36. The van der Waals surface area contributed by atoms with Gasteiger partial charge in [0, 0.05) is 13.1 Å². The predicted molar refractivity (Wildman–Crippen MR) is 86.5 cm³/mol. The van der Waals surface area contributed by atoms with E-state index in [4.69, 9.17) is 15.2 Å². The van der Waals surface area contributed by atoms with Gasteiger partial charge in [-0.05, 0) is 46.0 Å². The number of halogens is 1. The largest absolute Gasteiger partial charge is 0.493 e. The first-order valence-corrected chi connectivity index (χ1v) is 7.73. The molecule has 21 heavy (non-hydrogen) atoms. The number of benzene rings is 1. The molecular formula is C15H23BrN2O3. The number of nitrogens with two attached hydrogens (primary N) is 1. The van der Waals surface area contributed by atoms with Crippen LogP contribution in [-0.2, 0) is 11.3 Å². The number of hydrogen-bond donors (Lipinski definition) is 2. The van der Waals surface area contributed by atoms with Gasteiger partial charge in [0.25, 0.3) is 5.91 Å². The van der Waals surface area contributed by atoms with Crippen molar-refractivity contribution in [2.24, 2.45) is 11.7 Å². The lowest BCUT2D eigenvalue weighted by Gasteiger charge is -2.14. The van der Waals surface area contributed by atoms with Gasteiger partial charge < -0.3 is 20.5 Å². The SMILES string of the molecule is COc1cc(CN)cc(Br)c1OCC(=O)NCCC(C)C. The van der Waals surface area contributed by atoms with E-state index >= 15 is 0 Å². The van der Waals surface area contributed by atoms with Gasteiger partial charge in [-0.2, -0.15) is 0 Å². The maximum absolute atomic E-state index is 11.7. The normalized spacial score (nSPS) is 10.6. The van der Waals surface area contributed by atoms with E-state index in [0.29, 0.717) is 30.5 Å². The third kappa shape index (κ3) is 5.93. The summed E-state index contributed by atoms with van der Waals surface area (Å²) in [7, 11) is 1.55. The van der Waals surface area contributed by atoms with Gasteiger partial charge >= 0.3 is 0 Å². The molecule has 0 aliphatic heterocycles. The Hall–Kier alpha value is -1.27. The first-order valence-electron chi connectivity index (χ1n) is 6.93. The minimum atomic E-state index is -0.146. The number of amides is 1. The summed E-state index contributed by atoms with van der Waals surface area (Å²) in [6.07, 6.45) is 0.948. The van der Waals surface area contributed by atoms with Crippen LogP contribution in [0.2, 0.25) is 0 Å². The lowest BCUT2D eigenvalue weighted by atomic mass is 10.1. The Morgan fingerprint density at radius 1 is 1.43 bits per heavy atom. The highest BCUT2D eigenvalue weighted by Gasteiger charge is 2.13. The Balaban J connectivity index is 2.60. The highest BCUT2D eigenvalue weighted by molar-refractivity contribution is 9.10. The molecule has 0 atom stereocenters. The molecule has 0 spiro atoms. The molecule has 0 unspecified atom stereocenters. The summed E-state index contributed by atoms with van der Waals surface area (Å²) in [6, 6.07) is 3.66. The maximum Gasteiger partial charge on any atom is 0.257 e. The molecule has 6 heteroatoms. The number of ether oxygens (including phenoxy) is 2. The van der Waals surface area contributed by atoms with Crippen molar-refractivity contribution in [3.8, 4) is 11.5 Å². The van der Waals surface area contributed by atoms with Gasteiger partial charge in [-0.15, -0.1) is 0 Å². The molecule has 0 bridgehead atoms. The van der Waals surface area contributed by atoms with Crippen LogP contribution in [0.5, 0.6) is 11.5 Å². The quantitative estimate of drug-likeness (QED) is 0.748. The summed E-state index contributed by atoms with van der Waals surface area (Å²) in [5.41, 5.74) is 6.54. The zero-order valence-electron chi connectivity index (χ0n) is 12.7. The molecule has 0 radical (unpaired) electrons. The molecule has 0 saturated carbocycles. The molecule has 0 aliphatic rings. The van der Waals surface area contributed by atoms with Crippen molar-refractivity contribution >= 4 is 21.8 Å². The van der Waals surface area contributed by atoms with Gasteiger partial charge in [0.05, 0.1) is 11.6 Å². The molecule has 1 amide bonds. The molecule has 0 saturated heterocycles. The van der Waals surface area contributed by atoms with Crippen molar-refractivity contribution in [2.45, 2.75) is 26.8 Å². The minimum Gasteiger partial charge on any atom is -0.493 e. The van der Waals surface area contributed by atoms with Gasteiger partial charge in [-0.1, -0.05) is 13.8 Å². The summed E-state index contributed by atoms with van der Waals surface area (Å²) in [4.78, 5) is 11.7. The Kier molecular flexibility index (Phi) is 7.53. The smallest absolute Gasteiger partial charge is 0.257 e. The minimum absolute atomic E-state index is 0.0466. The van der Waals surface area contributed by atoms with Crippen LogP contribution in [0.25, 0.3) is 0 Å². The molecule has 0 heterocycles. The fraction of sp³-hybridized carbons (Fsp3) is 0.533. The van der Waals surface area contributed by atoms with Gasteiger partial charge in [0.1, 0.15) is 0 Å². The average molecular weight is 359 g/mol. The summed E-state index contributed by atoms with van der Waals surface area (Å²) in [5.74, 6) is 1.48. The van der Waals surface area contributed by atoms with Gasteiger partial charge in [0.2, 0.25) is 0 Å². The molecule has 1 rings (SSSR count). The summed E-state index contributed by atoms with van der Waals surface area (Å²) < 4.78 is 11.5. The molecule has 118 valence electrons. The summed E-state index contributed by atoms with van der Waals surface area (Å²) in [5, 5.41) is 2.82. The molecule has 1 aromatic carbocycles. The van der Waals surface area contributed by atoms with E-state index in [1.54, 1.807) is 13.2 Å². The number of nitrogens with one attached hydrogen (secondary N) is 1. The first-order chi connectivity index (χ1) is 9.97. The van der Waals surface area contributed by atoms with Gasteiger partial charge in [-0.25, -0.2) is 0 Å². The van der Waals surface area contributed by atoms with E-state index < -0.39 is 0 Å². The third-order valence-corrected chi connectivity index (χ3v) is 3.51. The van der Waals surface area contributed by atoms with E-state index in [1.165, 1.54) is 0 Å². The molecule has 0 aliphatic carbocycles. The van der Waals surface area contributed by atoms with Crippen molar-refractivity contribution < 1.29 is 14.3 Å². The van der Waals surface area contributed by atoms with Gasteiger partial charge in [0.15, 0.2) is 18.1 Å². The van der Waals surface area contributed by atoms with E-state index in [2.05, 4.69) is 35.1 Å². The fourth-order valence-corrected chi connectivity index (χ4v) is 2.32. The second-order valence-electron chi connectivity index (χ2n) is 5.13. The van der Waals surface area contributed by atoms with Crippen molar-refractivity contribution in [2.75, 3.05) is 20.3 Å². The zero-order valence-corrected chi connectivity index (χ0v) is 14.3. The van der Waals surface area contributed by atoms with E-state index in [0.717, 1.165) is 16.5 Å². The molecule has 1 aromatic rings. The van der Waals surface area contributed by atoms with Crippen LogP contribution in [0.3, 0.4) is 0 Å². The van der Waals surface area contributed by atoms with Crippen LogP contribution < -0.4 is 20.5 Å². The maximum atomic E-state index is 11.7. The lowest BCUT2D eigenvalue weighted by Crippen LogP contribution is -2.30. The Bertz CT molecular complexity index is 478. The topological polar surface area (TPSA) is 73.6 Å². The fourth-order valence-electron chi connectivity index (χ4n) is 1.72. The van der Waals surface area contributed by atoms with E-state index in [1.807, 2.05) is 6.07 Å². The number of hydrogen-bond acceptors (Lipinski definition) is 4. The van der Waals surface area contributed by atoms with Crippen LogP contribution in [0, 0.1) is 5.92 Å². The molecule has 0 fully saturated rings. The standard InChI is InChI=1S/C15H23BrN2O3/c1-10(2)4-5-18-14(19)9-21-15-12(16)6-11(8-17)7-13(15)20-3/h6-7,10H,4-5,8-9,17H2,1-3H3,(H,18,19). The number of methoxy groups -OCH3 is 1. The van der Waals surface area contributed by atoms with E-state index in [-0.39, 0.29) is 12.5 Å². The van der Waals surface area contributed by atoms with Crippen LogP contribution in [0.15, 0.2) is 16.6 Å². The predicted octanol–water partition coefficient (Wildman–Crippen LogP) is 2.46. The Morgan fingerprint density at radius 2 is 2.14 bits per heavy atom. The van der Waals surface area contributed by atoms with Crippen molar-refractivity contribution in [1.82, 2.24) is 5.32 Å². The Labute approximate surface area is 134 Å². The molecule has 5 nitrogen and oxygen atoms in total. The third-order valence-electron chi connectivity index (χ3n) is 2.92. The van der Waals surface area contributed by atoms with Crippen LogP contribution in [-0.4, -0.2) is 26.2 Å². The van der Waals surface area contributed by atoms with Crippen LogP contribution in [0.4, 0.5) is 0 Å². The van der Waals surface area contributed by atoms with Crippen molar-refractivity contribution in [1.29, 1.82) is 0 Å². The number of carbonyl (C=O) groups excluding carboxylic acids is 1. The molecule has 3 N–H and O–H groups in total. The molecular weight excluding hydrogens is 336 g/mol. The number of carbonyl (C=O) groups is 1. The zero-order chi connectivity index (χ0) is 15.8. The average Bonchev–Trinajstić information content (AvgIpc) is 2.44. The first kappa shape index (κ1) is 17.8. The summed E-state index contributed by atoms with van der Waals surface area (Å²) in [6.45, 7) is 5.25. The van der Waals surface area contributed by atoms with Crippen LogP contribution in [0.1, 0.15) is 25.8 Å². The highest BCUT2D eigenvalue weighted by atomic mass is 79.9. The summed E-state index contributed by atoms with van der Waals surface area (Å²) >= 11 is 3.41. The Morgan fingerprint density at radius 3 is 2.71 bits per heavy atom. The second kappa shape index (κ2) is 8.89. The number of rotatable bonds is 8. The lowest BCUT2D eigenvalue weighted by molar-refractivity contribution is -0.123. The second-order valence-corrected chi connectivity index (χ2v) is 5.99.